The minimum absolute atomic E-state index is 0.0782. The molecular formula is C34H30ClN3O5. The zero-order valence-corrected chi connectivity index (χ0v) is 24.0. The van der Waals surface area contributed by atoms with Gasteiger partial charge >= 0.3 is 0 Å². The van der Waals surface area contributed by atoms with Gasteiger partial charge in [0, 0.05) is 23.1 Å². The molecule has 218 valence electrons. The molecule has 0 spiro atoms. The molecule has 1 unspecified atom stereocenters. The Bertz CT molecular complexity index is 1700. The molecule has 0 heterocycles. The maximum absolute atomic E-state index is 12.5. The first-order valence-electron chi connectivity index (χ1n) is 13.8. The molecule has 0 aromatic heterocycles. The Morgan fingerprint density at radius 3 is 2.56 bits per heavy atom. The van der Waals surface area contributed by atoms with Gasteiger partial charge in [-0.05, 0) is 78.8 Å². The van der Waals surface area contributed by atoms with Crippen LogP contribution in [-0.4, -0.2) is 36.3 Å². The number of fused-ring (bicyclic) bond motifs is 1. The van der Waals surface area contributed by atoms with Crippen molar-refractivity contribution in [3.63, 3.8) is 0 Å². The standard InChI is InChI=1S/C34H30ClN3O5/c35-30-20-24(12-16-31(30)39)34(41)38-37-21-25-13-17-32(29-9-5-4-8-28(25)29)42-22-33(40)36-19-18-23-10-14-27(15-11-23)43-26-6-2-1-3-7-26/h1-10,12-17,20-21,23,39H,11,18-19,22H2,(H,36,40)(H,38,41)/b37-21+. The highest BCUT2D eigenvalue weighted by Crippen LogP contribution is 2.28. The molecule has 2 amide bonds. The van der Waals surface area contributed by atoms with Crippen LogP contribution in [0.3, 0.4) is 0 Å². The maximum Gasteiger partial charge on any atom is 0.271 e. The maximum atomic E-state index is 12.5. The number of halogens is 1. The first-order valence-corrected chi connectivity index (χ1v) is 14.2. The predicted molar refractivity (Wildman–Crippen MR) is 168 cm³/mol. The second-order valence-corrected chi connectivity index (χ2v) is 10.3. The number of carbonyl (C=O) groups excluding carboxylic acids is 2. The number of aromatic hydroxyl groups is 1. The summed E-state index contributed by atoms with van der Waals surface area (Å²) in [5.41, 5.74) is 3.48. The van der Waals surface area contributed by atoms with Gasteiger partial charge in [-0.3, -0.25) is 9.59 Å². The molecule has 3 N–H and O–H groups in total. The summed E-state index contributed by atoms with van der Waals surface area (Å²) in [6.45, 7) is 0.427. The number of phenols is 1. The van der Waals surface area contributed by atoms with Crippen LogP contribution in [0, 0.1) is 5.92 Å². The Hall–Kier alpha value is -5.08. The highest BCUT2D eigenvalue weighted by molar-refractivity contribution is 6.32. The smallest absolute Gasteiger partial charge is 0.271 e. The van der Waals surface area contributed by atoms with Crippen LogP contribution in [0.2, 0.25) is 5.02 Å². The molecule has 0 radical (unpaired) electrons. The average molecular weight is 596 g/mol. The fraction of sp³-hybridized carbons (Fsp3) is 0.147. The van der Waals surface area contributed by atoms with Gasteiger partial charge in [0.15, 0.2) is 6.61 Å². The lowest BCUT2D eigenvalue weighted by Crippen LogP contribution is -2.30. The van der Waals surface area contributed by atoms with Gasteiger partial charge in [-0.15, -0.1) is 0 Å². The summed E-state index contributed by atoms with van der Waals surface area (Å²) in [6, 6.07) is 25.0. The molecule has 0 saturated heterocycles. The number of nitrogens with zero attached hydrogens (tertiary/aromatic N) is 1. The Kier molecular flexibility index (Phi) is 9.71. The normalized spacial score (nSPS) is 14.3. The molecule has 1 aliphatic carbocycles. The zero-order chi connectivity index (χ0) is 30.0. The number of hydrazone groups is 1. The van der Waals surface area contributed by atoms with Crippen LogP contribution in [0.15, 0.2) is 114 Å². The monoisotopic (exact) mass is 595 g/mol. The molecular weight excluding hydrogens is 566 g/mol. The van der Waals surface area contributed by atoms with E-state index in [-0.39, 0.29) is 28.8 Å². The Balaban J connectivity index is 1.09. The van der Waals surface area contributed by atoms with E-state index in [4.69, 9.17) is 21.1 Å². The Morgan fingerprint density at radius 1 is 1.00 bits per heavy atom. The first-order chi connectivity index (χ1) is 21.0. The van der Waals surface area contributed by atoms with Crippen molar-refractivity contribution in [2.75, 3.05) is 13.2 Å². The van der Waals surface area contributed by atoms with E-state index in [0.717, 1.165) is 40.7 Å². The van der Waals surface area contributed by atoms with Gasteiger partial charge in [0.1, 0.15) is 23.0 Å². The number of allylic oxidation sites excluding steroid dienone is 3. The predicted octanol–water partition coefficient (Wildman–Crippen LogP) is 6.39. The summed E-state index contributed by atoms with van der Waals surface area (Å²) in [7, 11) is 0. The summed E-state index contributed by atoms with van der Waals surface area (Å²) in [6.07, 6.45) is 9.36. The molecule has 1 aliphatic rings. The molecule has 0 aliphatic heterocycles. The summed E-state index contributed by atoms with van der Waals surface area (Å²) in [4.78, 5) is 24.9. The van der Waals surface area contributed by atoms with Gasteiger partial charge in [0.2, 0.25) is 0 Å². The van der Waals surface area contributed by atoms with Crippen molar-refractivity contribution < 1.29 is 24.2 Å². The fourth-order valence-electron chi connectivity index (χ4n) is 4.56. The van der Waals surface area contributed by atoms with Crippen molar-refractivity contribution >= 4 is 40.4 Å². The van der Waals surface area contributed by atoms with Crippen molar-refractivity contribution in [2.45, 2.75) is 12.8 Å². The number of carbonyl (C=O) groups is 2. The van der Waals surface area contributed by atoms with E-state index in [9.17, 15) is 14.7 Å². The van der Waals surface area contributed by atoms with E-state index in [2.05, 4.69) is 28.0 Å². The van der Waals surface area contributed by atoms with Crippen molar-refractivity contribution in [3.8, 4) is 17.2 Å². The van der Waals surface area contributed by atoms with Crippen LogP contribution in [0.4, 0.5) is 0 Å². The number of benzene rings is 4. The van der Waals surface area contributed by atoms with Crippen molar-refractivity contribution in [1.82, 2.24) is 10.7 Å². The van der Waals surface area contributed by atoms with Crippen molar-refractivity contribution in [2.24, 2.45) is 11.0 Å². The van der Waals surface area contributed by atoms with Crippen molar-refractivity contribution in [3.05, 3.63) is 125 Å². The Morgan fingerprint density at radius 2 is 1.79 bits per heavy atom. The lowest BCUT2D eigenvalue weighted by molar-refractivity contribution is -0.123. The summed E-state index contributed by atoms with van der Waals surface area (Å²) in [5, 5.41) is 18.3. The van der Waals surface area contributed by atoms with Crippen LogP contribution in [0.5, 0.6) is 17.2 Å². The van der Waals surface area contributed by atoms with Crippen LogP contribution in [0.1, 0.15) is 28.8 Å². The molecule has 4 aromatic carbocycles. The quantitative estimate of drug-likeness (QED) is 0.138. The second-order valence-electron chi connectivity index (χ2n) is 9.87. The molecule has 9 heteroatoms. The number of ether oxygens (including phenoxy) is 2. The molecule has 5 rings (SSSR count). The van der Waals surface area contributed by atoms with Gasteiger partial charge in [0.05, 0.1) is 11.2 Å². The van der Waals surface area contributed by atoms with E-state index in [1.165, 1.54) is 24.4 Å². The summed E-state index contributed by atoms with van der Waals surface area (Å²) < 4.78 is 11.7. The van der Waals surface area contributed by atoms with Gasteiger partial charge in [-0.25, -0.2) is 5.43 Å². The topological polar surface area (TPSA) is 109 Å². The first kappa shape index (κ1) is 29.4. The number of phenolic OH excluding ortho intramolecular Hbond substituents is 1. The second kappa shape index (κ2) is 14.2. The van der Waals surface area contributed by atoms with Crippen molar-refractivity contribution in [1.29, 1.82) is 0 Å². The minimum Gasteiger partial charge on any atom is -0.506 e. The van der Waals surface area contributed by atoms with Gasteiger partial charge < -0.3 is 19.9 Å². The minimum atomic E-state index is -0.466. The molecule has 0 saturated carbocycles. The van der Waals surface area contributed by atoms with Gasteiger partial charge in [-0.2, -0.15) is 5.10 Å². The van der Waals surface area contributed by atoms with Crippen LogP contribution < -0.4 is 20.2 Å². The van der Waals surface area contributed by atoms with E-state index < -0.39 is 5.91 Å². The number of hydrogen-bond acceptors (Lipinski definition) is 6. The summed E-state index contributed by atoms with van der Waals surface area (Å²) >= 11 is 5.88. The molecule has 8 nitrogen and oxygen atoms in total. The highest BCUT2D eigenvalue weighted by Gasteiger charge is 2.13. The molecule has 0 bridgehead atoms. The number of nitrogens with one attached hydrogen (secondary N) is 2. The van der Waals surface area contributed by atoms with E-state index >= 15 is 0 Å². The molecule has 0 fully saturated rings. The third-order valence-corrected chi connectivity index (χ3v) is 7.13. The van der Waals surface area contributed by atoms with E-state index in [1.807, 2.05) is 60.7 Å². The highest BCUT2D eigenvalue weighted by atomic mass is 35.5. The Labute approximate surface area is 254 Å². The number of hydrogen-bond donors (Lipinski definition) is 3. The number of rotatable bonds is 11. The summed E-state index contributed by atoms with van der Waals surface area (Å²) in [5.74, 6) is 1.76. The number of para-hydroxylation sites is 1. The van der Waals surface area contributed by atoms with Gasteiger partial charge in [-0.1, -0.05) is 60.1 Å². The van der Waals surface area contributed by atoms with E-state index in [0.29, 0.717) is 18.2 Å². The zero-order valence-electron chi connectivity index (χ0n) is 23.2. The lowest BCUT2D eigenvalue weighted by atomic mass is 9.96. The van der Waals surface area contributed by atoms with Crippen LogP contribution in [-0.2, 0) is 4.79 Å². The van der Waals surface area contributed by atoms with Crippen LogP contribution >= 0.6 is 11.6 Å². The molecule has 4 aromatic rings. The average Bonchev–Trinajstić information content (AvgIpc) is 3.03. The lowest BCUT2D eigenvalue weighted by Gasteiger charge is -2.17. The number of amides is 2. The molecule has 43 heavy (non-hydrogen) atoms. The van der Waals surface area contributed by atoms with E-state index in [1.54, 1.807) is 12.1 Å². The fourth-order valence-corrected chi connectivity index (χ4v) is 4.74. The van der Waals surface area contributed by atoms with Gasteiger partial charge in [0.25, 0.3) is 11.8 Å². The third-order valence-electron chi connectivity index (χ3n) is 6.83. The SMILES string of the molecule is O=C(COc1ccc(/C=N/NC(=O)c2ccc(O)c(Cl)c2)c2ccccc12)NCCC1C=CC(Oc2ccccc2)=CC1. The van der Waals surface area contributed by atoms with Crippen LogP contribution in [0.25, 0.3) is 10.8 Å². The third kappa shape index (κ3) is 8.02. The largest absolute Gasteiger partial charge is 0.506 e. The molecule has 1 atom stereocenters.